The Morgan fingerprint density at radius 1 is 1.32 bits per heavy atom. The third-order valence-corrected chi connectivity index (χ3v) is 3.44. The van der Waals surface area contributed by atoms with Crippen LogP contribution < -0.4 is 5.32 Å². The molecule has 0 unspecified atom stereocenters. The van der Waals surface area contributed by atoms with Gasteiger partial charge in [0.2, 0.25) is 0 Å². The Morgan fingerprint density at radius 3 is 2.58 bits per heavy atom. The number of amides is 1. The zero-order chi connectivity index (χ0) is 13.8. The monoisotopic (exact) mass is 264 g/mol. The molecule has 1 aliphatic rings. The minimum atomic E-state index is -0.839. The number of hydrogen-bond donors (Lipinski definition) is 3. The summed E-state index contributed by atoms with van der Waals surface area (Å²) in [6, 6.07) is 7.48. The van der Waals surface area contributed by atoms with E-state index in [4.69, 9.17) is 0 Å². The molecule has 19 heavy (non-hydrogen) atoms. The number of aliphatic hydroxyl groups is 2. The number of nitrogens with one attached hydrogen (secondary N) is 1. The van der Waals surface area contributed by atoms with Gasteiger partial charge in [0.25, 0.3) is 5.91 Å². The van der Waals surface area contributed by atoms with Gasteiger partial charge in [-0.05, 0) is 31.6 Å². The summed E-state index contributed by atoms with van der Waals surface area (Å²) in [6.07, 6.45) is -0.904. The highest BCUT2D eigenvalue weighted by Crippen LogP contribution is 2.17. The van der Waals surface area contributed by atoms with Gasteiger partial charge >= 0.3 is 0 Å². The molecule has 104 valence electrons. The molecule has 0 saturated carbocycles. The first-order valence-corrected chi connectivity index (χ1v) is 6.51. The molecule has 1 fully saturated rings. The molecule has 0 spiro atoms. The Kier molecular flexibility index (Phi) is 4.52. The molecule has 3 N–H and O–H groups in total. The van der Waals surface area contributed by atoms with Crippen LogP contribution >= 0.6 is 0 Å². The molecule has 0 aliphatic carbocycles. The number of likely N-dealkylation sites (N-methyl/N-ethyl adjacent to an activating group) is 1. The van der Waals surface area contributed by atoms with Crippen LogP contribution in [0.2, 0.25) is 0 Å². The first-order valence-electron chi connectivity index (χ1n) is 6.51. The highest BCUT2D eigenvalue weighted by Gasteiger charge is 2.33. The summed E-state index contributed by atoms with van der Waals surface area (Å²) < 4.78 is 0. The minimum Gasteiger partial charge on any atom is -0.388 e. The molecule has 0 aromatic heterocycles. The van der Waals surface area contributed by atoms with Gasteiger partial charge in [0.1, 0.15) is 0 Å². The molecular weight excluding hydrogens is 244 g/mol. The number of likely N-dealkylation sites (tertiary alicyclic amines) is 1. The fourth-order valence-electron chi connectivity index (χ4n) is 2.31. The lowest BCUT2D eigenvalue weighted by Gasteiger charge is -2.17. The average molecular weight is 264 g/mol. The first kappa shape index (κ1) is 14.0. The van der Waals surface area contributed by atoms with Crippen LogP contribution in [0.3, 0.4) is 0 Å². The van der Waals surface area contributed by atoms with Gasteiger partial charge in [0, 0.05) is 18.7 Å². The van der Waals surface area contributed by atoms with Crippen LogP contribution in [0.1, 0.15) is 15.9 Å². The van der Waals surface area contributed by atoms with Crippen LogP contribution in [0.25, 0.3) is 0 Å². The van der Waals surface area contributed by atoms with Crippen molar-refractivity contribution in [2.45, 2.75) is 18.6 Å². The quantitative estimate of drug-likeness (QED) is 0.693. The molecule has 1 heterocycles. The molecule has 0 bridgehead atoms. The Hall–Kier alpha value is -1.43. The van der Waals surface area contributed by atoms with E-state index in [1.54, 1.807) is 6.07 Å². The van der Waals surface area contributed by atoms with E-state index in [0.29, 0.717) is 5.56 Å². The van der Waals surface area contributed by atoms with E-state index < -0.39 is 12.2 Å². The number of benzene rings is 1. The predicted molar refractivity (Wildman–Crippen MR) is 72.0 cm³/mol. The number of aliphatic hydroxyl groups excluding tert-OH is 2. The van der Waals surface area contributed by atoms with Crippen LogP contribution in [0.15, 0.2) is 24.3 Å². The normalized spacial score (nSPS) is 22.8. The van der Waals surface area contributed by atoms with Gasteiger partial charge in [-0.15, -0.1) is 0 Å². The lowest BCUT2D eigenvalue weighted by molar-refractivity contribution is 0.0572. The Bertz CT molecular complexity index is 440. The molecule has 1 aromatic carbocycles. The second kappa shape index (κ2) is 6.14. The van der Waals surface area contributed by atoms with Gasteiger partial charge in [0.15, 0.2) is 0 Å². The van der Waals surface area contributed by atoms with Crippen LogP contribution in [-0.2, 0) is 6.42 Å². The molecular formula is C14H20N2O3. The zero-order valence-corrected chi connectivity index (χ0v) is 11.0. The summed E-state index contributed by atoms with van der Waals surface area (Å²) in [4.78, 5) is 13.9. The van der Waals surface area contributed by atoms with Crippen molar-refractivity contribution >= 4 is 5.91 Å². The van der Waals surface area contributed by atoms with Crippen LogP contribution in [-0.4, -0.2) is 59.9 Å². The third kappa shape index (κ3) is 3.12. The lowest BCUT2D eigenvalue weighted by atomic mass is 10.0. The van der Waals surface area contributed by atoms with Crippen LogP contribution in [0.5, 0.6) is 0 Å². The van der Waals surface area contributed by atoms with Crippen molar-refractivity contribution in [3.05, 3.63) is 35.4 Å². The molecule has 5 nitrogen and oxygen atoms in total. The minimum absolute atomic E-state index is 0.123. The topological polar surface area (TPSA) is 72.8 Å². The van der Waals surface area contributed by atoms with E-state index in [2.05, 4.69) is 5.32 Å². The maximum Gasteiger partial charge on any atom is 0.254 e. The second-order valence-corrected chi connectivity index (χ2v) is 4.86. The Balaban J connectivity index is 2.15. The highest BCUT2D eigenvalue weighted by molar-refractivity contribution is 5.96. The van der Waals surface area contributed by atoms with Crippen molar-refractivity contribution in [2.75, 3.05) is 26.7 Å². The van der Waals surface area contributed by atoms with Gasteiger partial charge < -0.3 is 20.4 Å². The highest BCUT2D eigenvalue weighted by atomic mass is 16.3. The van der Waals surface area contributed by atoms with Gasteiger partial charge in [-0.1, -0.05) is 18.2 Å². The summed E-state index contributed by atoms with van der Waals surface area (Å²) in [7, 11) is 1.87. The van der Waals surface area contributed by atoms with E-state index in [0.717, 1.165) is 18.5 Å². The number of nitrogens with zero attached hydrogens (tertiary/aromatic N) is 1. The second-order valence-electron chi connectivity index (χ2n) is 4.86. The average Bonchev–Trinajstić information content (AvgIpc) is 2.76. The fraction of sp³-hybridized carbons (Fsp3) is 0.500. The zero-order valence-electron chi connectivity index (χ0n) is 11.0. The molecule has 2 rings (SSSR count). The van der Waals surface area contributed by atoms with Gasteiger partial charge in [-0.2, -0.15) is 0 Å². The molecule has 2 atom stereocenters. The van der Waals surface area contributed by atoms with Crippen molar-refractivity contribution in [1.29, 1.82) is 0 Å². The van der Waals surface area contributed by atoms with E-state index in [9.17, 15) is 15.0 Å². The van der Waals surface area contributed by atoms with Crippen molar-refractivity contribution in [1.82, 2.24) is 10.2 Å². The lowest BCUT2D eigenvalue weighted by Crippen LogP contribution is -2.30. The SMILES string of the molecule is CNCCc1ccccc1C(=O)N1C[C@@H](O)[C@@H](O)C1. The molecule has 1 saturated heterocycles. The molecule has 1 aliphatic heterocycles. The standard InChI is InChI=1S/C14H20N2O3/c1-15-7-6-10-4-2-3-5-11(10)14(19)16-8-12(17)13(18)9-16/h2-5,12-13,15,17-18H,6-9H2,1H3/t12-,13+. The van der Waals surface area contributed by atoms with Crippen molar-refractivity contribution in [2.24, 2.45) is 0 Å². The van der Waals surface area contributed by atoms with Gasteiger partial charge in [-0.3, -0.25) is 4.79 Å². The summed E-state index contributed by atoms with van der Waals surface area (Å²) in [5.41, 5.74) is 1.64. The van der Waals surface area contributed by atoms with Crippen LogP contribution in [0.4, 0.5) is 0 Å². The van der Waals surface area contributed by atoms with Crippen molar-refractivity contribution in [3.8, 4) is 0 Å². The number of carbonyl (C=O) groups is 1. The number of hydrogen-bond acceptors (Lipinski definition) is 4. The van der Waals surface area contributed by atoms with Crippen LogP contribution in [0, 0.1) is 0 Å². The van der Waals surface area contributed by atoms with E-state index in [-0.39, 0.29) is 19.0 Å². The largest absolute Gasteiger partial charge is 0.388 e. The Morgan fingerprint density at radius 2 is 1.95 bits per heavy atom. The predicted octanol–water partition coefficient (Wildman–Crippen LogP) is -0.374. The number of carbonyl (C=O) groups excluding carboxylic acids is 1. The van der Waals surface area contributed by atoms with Crippen molar-refractivity contribution in [3.63, 3.8) is 0 Å². The maximum atomic E-state index is 12.4. The molecule has 5 heteroatoms. The molecule has 1 amide bonds. The van der Waals surface area contributed by atoms with Gasteiger partial charge in [0.05, 0.1) is 12.2 Å². The van der Waals surface area contributed by atoms with Crippen molar-refractivity contribution < 1.29 is 15.0 Å². The summed E-state index contributed by atoms with van der Waals surface area (Å²) in [5.74, 6) is -0.123. The first-order chi connectivity index (χ1) is 9.13. The third-order valence-electron chi connectivity index (χ3n) is 3.44. The number of β-amino-alcohol motifs (C(OH)–C–C–N with tert-alkyl or cyclic N) is 2. The summed E-state index contributed by atoms with van der Waals surface area (Å²) >= 11 is 0. The summed E-state index contributed by atoms with van der Waals surface area (Å²) in [6.45, 7) is 1.19. The smallest absolute Gasteiger partial charge is 0.254 e. The van der Waals surface area contributed by atoms with E-state index in [1.807, 2.05) is 25.2 Å². The fourth-order valence-corrected chi connectivity index (χ4v) is 2.31. The van der Waals surface area contributed by atoms with E-state index >= 15 is 0 Å². The number of rotatable bonds is 4. The van der Waals surface area contributed by atoms with Gasteiger partial charge in [-0.25, -0.2) is 0 Å². The summed E-state index contributed by atoms with van der Waals surface area (Å²) in [5, 5.41) is 22.1. The molecule has 1 aromatic rings. The maximum absolute atomic E-state index is 12.4. The Labute approximate surface area is 112 Å². The van der Waals surface area contributed by atoms with E-state index in [1.165, 1.54) is 4.90 Å². The molecule has 0 radical (unpaired) electrons.